The van der Waals surface area contributed by atoms with Crippen LogP contribution in [0.3, 0.4) is 0 Å². The van der Waals surface area contributed by atoms with Crippen molar-refractivity contribution in [3.63, 3.8) is 0 Å². The first kappa shape index (κ1) is 23.7. The number of amides is 2. The minimum Gasteiger partial charge on any atom is -0.492 e. The van der Waals surface area contributed by atoms with Gasteiger partial charge >= 0.3 is 0 Å². The van der Waals surface area contributed by atoms with Crippen LogP contribution in [0.25, 0.3) is 0 Å². The Labute approximate surface area is 199 Å². The van der Waals surface area contributed by atoms with Crippen LogP contribution in [-0.2, 0) is 19.6 Å². The van der Waals surface area contributed by atoms with Crippen LogP contribution in [0.5, 0.6) is 5.75 Å². The van der Waals surface area contributed by atoms with Crippen molar-refractivity contribution in [1.29, 1.82) is 0 Å². The average Bonchev–Trinajstić information content (AvgIpc) is 3.39. The van der Waals surface area contributed by atoms with Gasteiger partial charge in [-0.2, -0.15) is 8.42 Å². The Balaban J connectivity index is 1.47. The Morgan fingerprint density at radius 3 is 2.74 bits per heavy atom. The summed E-state index contributed by atoms with van der Waals surface area (Å²) in [6.45, 7) is 3.32. The van der Waals surface area contributed by atoms with Gasteiger partial charge in [-0.15, -0.1) is 4.40 Å². The molecule has 2 fully saturated rings. The van der Waals surface area contributed by atoms with E-state index in [1.165, 1.54) is 12.1 Å². The molecule has 2 aliphatic rings. The van der Waals surface area contributed by atoms with Crippen LogP contribution in [-0.4, -0.2) is 57.7 Å². The van der Waals surface area contributed by atoms with Crippen LogP contribution >= 0.6 is 0 Å². The third kappa shape index (κ3) is 5.06. The molecule has 0 spiro atoms. The standard InChI is InChI=1S/C24H28N4O5S/c1-3-33-21-11-5-4-10-20(21)28-16-17(14-23(28)29)24(30)25-18-8-6-9-19(15-18)34(31,32)26-22-12-7-13-27(22)2/h4-6,8-11,15,17H,3,7,12-14,16H2,1-2H3,(H,25,30)/b26-22-. The highest BCUT2D eigenvalue weighted by molar-refractivity contribution is 7.90. The van der Waals surface area contributed by atoms with Crippen LogP contribution in [0.15, 0.2) is 57.8 Å². The molecule has 1 unspecified atom stereocenters. The predicted molar refractivity (Wildman–Crippen MR) is 130 cm³/mol. The van der Waals surface area contributed by atoms with E-state index >= 15 is 0 Å². The number of anilines is 2. The van der Waals surface area contributed by atoms with Gasteiger partial charge in [0.05, 0.1) is 23.1 Å². The highest BCUT2D eigenvalue weighted by atomic mass is 32.2. The maximum Gasteiger partial charge on any atom is 0.284 e. The summed E-state index contributed by atoms with van der Waals surface area (Å²) >= 11 is 0. The van der Waals surface area contributed by atoms with Crippen molar-refractivity contribution in [1.82, 2.24) is 4.90 Å². The smallest absolute Gasteiger partial charge is 0.284 e. The first-order valence-electron chi connectivity index (χ1n) is 11.3. The Kier molecular flexibility index (Phi) is 6.87. The number of carbonyl (C=O) groups is 2. The van der Waals surface area contributed by atoms with E-state index in [9.17, 15) is 18.0 Å². The molecule has 1 N–H and O–H groups in total. The van der Waals surface area contributed by atoms with E-state index in [-0.39, 0.29) is 29.7 Å². The Hall–Kier alpha value is -3.40. The predicted octanol–water partition coefficient (Wildman–Crippen LogP) is 2.89. The fourth-order valence-corrected chi connectivity index (χ4v) is 5.29. The van der Waals surface area contributed by atoms with Gasteiger partial charge in [0.15, 0.2) is 0 Å². The van der Waals surface area contributed by atoms with Crippen molar-refractivity contribution < 1.29 is 22.7 Å². The minimum atomic E-state index is -3.90. The Bertz CT molecular complexity index is 1230. The monoisotopic (exact) mass is 484 g/mol. The SMILES string of the molecule is CCOc1ccccc1N1CC(C(=O)Nc2cccc(S(=O)(=O)/N=C3/CCCN3C)c2)CC1=O. The quantitative estimate of drug-likeness (QED) is 0.647. The number of sulfonamides is 1. The highest BCUT2D eigenvalue weighted by Gasteiger charge is 2.36. The fraction of sp³-hybridized carbons (Fsp3) is 0.375. The number of rotatable bonds is 7. The lowest BCUT2D eigenvalue weighted by molar-refractivity contribution is -0.122. The van der Waals surface area contributed by atoms with Gasteiger partial charge in [-0.05, 0) is 43.7 Å². The zero-order chi connectivity index (χ0) is 24.3. The normalized spacial score (nSPS) is 19.6. The van der Waals surface area contributed by atoms with Crippen molar-refractivity contribution in [2.45, 2.75) is 31.1 Å². The summed E-state index contributed by atoms with van der Waals surface area (Å²) in [7, 11) is -2.08. The number of nitrogens with one attached hydrogen (secondary N) is 1. The molecule has 2 amide bonds. The number of benzene rings is 2. The van der Waals surface area contributed by atoms with E-state index in [0.29, 0.717) is 36.0 Å². The van der Waals surface area contributed by atoms with Crippen LogP contribution in [0.1, 0.15) is 26.2 Å². The number of hydrogen-bond donors (Lipinski definition) is 1. The van der Waals surface area contributed by atoms with Crippen LogP contribution < -0.4 is 15.0 Å². The van der Waals surface area contributed by atoms with Gasteiger partial charge in [0.2, 0.25) is 11.8 Å². The molecular formula is C24H28N4O5S. The first-order chi connectivity index (χ1) is 16.3. The van der Waals surface area contributed by atoms with Gasteiger partial charge in [0.25, 0.3) is 10.0 Å². The summed E-state index contributed by atoms with van der Waals surface area (Å²) in [6, 6.07) is 13.3. The molecule has 0 aliphatic carbocycles. The zero-order valence-corrected chi connectivity index (χ0v) is 20.0. The summed E-state index contributed by atoms with van der Waals surface area (Å²) in [4.78, 5) is 29.0. The van der Waals surface area contributed by atoms with Gasteiger partial charge in [0, 0.05) is 38.7 Å². The molecule has 0 radical (unpaired) electrons. The molecule has 0 bridgehead atoms. The van der Waals surface area contributed by atoms with Crippen LogP contribution in [0.4, 0.5) is 11.4 Å². The largest absolute Gasteiger partial charge is 0.492 e. The van der Waals surface area contributed by atoms with E-state index in [1.807, 2.05) is 31.0 Å². The topological polar surface area (TPSA) is 108 Å². The molecule has 10 heteroatoms. The molecule has 4 rings (SSSR count). The third-order valence-electron chi connectivity index (χ3n) is 5.91. The number of ether oxygens (including phenoxy) is 1. The molecule has 0 aromatic heterocycles. The lowest BCUT2D eigenvalue weighted by Gasteiger charge is -2.20. The molecule has 2 aromatic carbocycles. The van der Waals surface area contributed by atoms with Gasteiger partial charge in [-0.25, -0.2) is 0 Å². The Morgan fingerprint density at radius 1 is 1.21 bits per heavy atom. The third-order valence-corrected chi connectivity index (χ3v) is 7.21. The Morgan fingerprint density at radius 2 is 2.00 bits per heavy atom. The van der Waals surface area contributed by atoms with E-state index in [1.54, 1.807) is 29.2 Å². The highest BCUT2D eigenvalue weighted by Crippen LogP contribution is 2.33. The molecule has 34 heavy (non-hydrogen) atoms. The number of para-hydroxylation sites is 2. The molecule has 9 nitrogen and oxygen atoms in total. The van der Waals surface area contributed by atoms with Crippen molar-refractivity contribution in [2.24, 2.45) is 10.3 Å². The molecule has 2 aliphatic heterocycles. The number of hydrogen-bond acceptors (Lipinski definition) is 5. The summed E-state index contributed by atoms with van der Waals surface area (Å²) in [5, 5.41) is 2.76. The summed E-state index contributed by atoms with van der Waals surface area (Å²) < 4.78 is 35.1. The number of likely N-dealkylation sites (tertiary alicyclic amines) is 1. The lowest BCUT2D eigenvalue weighted by Crippen LogP contribution is -2.28. The molecule has 2 saturated heterocycles. The molecular weight excluding hydrogens is 456 g/mol. The van der Waals surface area contributed by atoms with Gasteiger partial charge < -0.3 is 19.9 Å². The number of carbonyl (C=O) groups excluding carboxylic acids is 2. The van der Waals surface area contributed by atoms with E-state index in [4.69, 9.17) is 4.74 Å². The van der Waals surface area contributed by atoms with Gasteiger partial charge in [-0.3, -0.25) is 9.59 Å². The zero-order valence-electron chi connectivity index (χ0n) is 19.2. The number of nitrogens with zero attached hydrogens (tertiary/aromatic N) is 3. The van der Waals surface area contributed by atoms with Crippen LogP contribution in [0.2, 0.25) is 0 Å². The molecule has 180 valence electrons. The molecule has 2 aromatic rings. The summed E-state index contributed by atoms with van der Waals surface area (Å²) in [5.74, 6) is 0.0364. The minimum absolute atomic E-state index is 0.00728. The van der Waals surface area contributed by atoms with Gasteiger partial charge in [0.1, 0.15) is 11.6 Å². The second kappa shape index (κ2) is 9.84. The van der Waals surface area contributed by atoms with Crippen LogP contribution in [0, 0.1) is 5.92 Å². The van der Waals surface area contributed by atoms with Crippen molar-refractivity contribution in [3.8, 4) is 5.75 Å². The van der Waals surface area contributed by atoms with Crippen molar-refractivity contribution in [3.05, 3.63) is 48.5 Å². The maximum absolute atomic E-state index is 12.9. The number of amidine groups is 1. The second-order valence-corrected chi connectivity index (χ2v) is 9.94. The molecule has 0 saturated carbocycles. The summed E-state index contributed by atoms with van der Waals surface area (Å²) in [5.41, 5.74) is 0.973. The van der Waals surface area contributed by atoms with E-state index < -0.39 is 15.9 Å². The van der Waals surface area contributed by atoms with Crippen molar-refractivity contribution >= 4 is 39.0 Å². The maximum atomic E-state index is 12.9. The lowest BCUT2D eigenvalue weighted by atomic mass is 10.1. The summed E-state index contributed by atoms with van der Waals surface area (Å²) in [6.07, 6.45) is 1.54. The van der Waals surface area contributed by atoms with Crippen molar-refractivity contribution in [2.75, 3.05) is 37.0 Å². The van der Waals surface area contributed by atoms with E-state index in [2.05, 4.69) is 9.71 Å². The first-order valence-corrected chi connectivity index (χ1v) is 12.7. The van der Waals surface area contributed by atoms with Gasteiger partial charge in [-0.1, -0.05) is 18.2 Å². The van der Waals surface area contributed by atoms with E-state index in [0.717, 1.165) is 13.0 Å². The fourth-order valence-electron chi connectivity index (χ4n) is 4.15. The molecule has 1 atom stereocenters. The second-order valence-electron chi connectivity index (χ2n) is 8.33. The molecule has 2 heterocycles. The average molecular weight is 485 g/mol.